The fraction of sp³-hybridized carbons (Fsp3) is 0.125. The fourth-order valence-electron chi connectivity index (χ4n) is 1.74. The Kier molecular flexibility index (Phi) is 5.29. The highest BCUT2D eigenvalue weighted by molar-refractivity contribution is 7.80. The van der Waals surface area contributed by atoms with Gasteiger partial charge in [-0.3, -0.25) is 5.43 Å². The molecule has 0 fully saturated rings. The normalized spacial score (nSPS) is 11.0. The Morgan fingerprint density at radius 3 is 2.43 bits per heavy atom. The number of rotatable bonds is 4. The molecule has 0 heterocycles. The number of thiocarbonyl (C=S) groups is 1. The third-order valence-corrected chi connectivity index (χ3v) is 3.19. The Morgan fingerprint density at radius 2 is 1.76 bits per heavy atom. The molecule has 2 aromatic rings. The minimum atomic E-state index is 0.494. The first kappa shape index (κ1) is 15.0. The number of hydrazone groups is 1. The summed E-state index contributed by atoms with van der Waals surface area (Å²) in [6.07, 6.45) is 0. The van der Waals surface area contributed by atoms with E-state index in [-0.39, 0.29) is 0 Å². The molecule has 21 heavy (non-hydrogen) atoms. The number of benzene rings is 2. The van der Waals surface area contributed by atoms with E-state index in [0.717, 1.165) is 17.0 Å². The zero-order chi connectivity index (χ0) is 15.1. The van der Waals surface area contributed by atoms with Crippen LogP contribution in [0.5, 0.6) is 0 Å². The quantitative estimate of drug-likeness (QED) is 0.351. The highest BCUT2D eigenvalue weighted by Crippen LogP contribution is 2.06. The highest BCUT2D eigenvalue weighted by atomic mass is 32.1. The molecule has 0 aliphatic carbocycles. The fourth-order valence-corrected chi connectivity index (χ4v) is 1.86. The Hall–Kier alpha value is -2.40. The van der Waals surface area contributed by atoms with Crippen LogP contribution < -0.4 is 16.5 Å². The highest BCUT2D eigenvalue weighted by Gasteiger charge is 1.98. The van der Waals surface area contributed by atoms with Crippen LogP contribution in [-0.2, 0) is 6.54 Å². The summed E-state index contributed by atoms with van der Waals surface area (Å²) in [5.74, 6) is 0. The summed E-state index contributed by atoms with van der Waals surface area (Å²) in [5, 5.41) is 7.86. The third-order valence-electron chi connectivity index (χ3n) is 2.95. The summed E-state index contributed by atoms with van der Waals surface area (Å²) in [5.41, 5.74) is 12.3. The van der Waals surface area contributed by atoms with E-state index >= 15 is 0 Å². The van der Waals surface area contributed by atoms with Crippen molar-refractivity contribution < 1.29 is 0 Å². The van der Waals surface area contributed by atoms with Crippen molar-refractivity contribution in [3.8, 4) is 0 Å². The lowest BCUT2D eigenvalue weighted by Crippen LogP contribution is -2.32. The second-order valence-corrected chi connectivity index (χ2v) is 5.01. The molecule has 4 nitrogen and oxygen atoms in total. The number of hydrogen-bond donors (Lipinski definition) is 3. The molecule has 4 N–H and O–H groups in total. The Balaban J connectivity index is 1.85. The van der Waals surface area contributed by atoms with Crippen LogP contribution in [0.4, 0.5) is 5.69 Å². The summed E-state index contributed by atoms with van der Waals surface area (Å²) >= 11 is 5.19. The number of nitrogen functional groups attached to an aromatic ring is 1. The summed E-state index contributed by atoms with van der Waals surface area (Å²) in [6.45, 7) is 2.58. The standard InChI is InChI=1S/C16H18N4S/c1-12(14-7-9-15(17)10-8-14)19-20-16(21)18-11-13-5-3-2-4-6-13/h2-10H,11,17H2,1H3,(H2,18,20,21)/b19-12-. The summed E-state index contributed by atoms with van der Waals surface area (Å²) in [6, 6.07) is 17.6. The van der Waals surface area contributed by atoms with Crippen molar-refractivity contribution in [3.63, 3.8) is 0 Å². The van der Waals surface area contributed by atoms with E-state index in [1.165, 1.54) is 5.56 Å². The molecule has 0 bridgehead atoms. The van der Waals surface area contributed by atoms with Gasteiger partial charge < -0.3 is 11.1 Å². The van der Waals surface area contributed by atoms with Crippen molar-refractivity contribution in [1.82, 2.24) is 10.7 Å². The molecule has 0 aromatic heterocycles. The van der Waals surface area contributed by atoms with Crippen LogP contribution in [0, 0.1) is 0 Å². The molecular weight excluding hydrogens is 280 g/mol. The van der Waals surface area contributed by atoms with Crippen LogP contribution >= 0.6 is 12.2 Å². The molecule has 5 heteroatoms. The molecule has 0 unspecified atom stereocenters. The minimum Gasteiger partial charge on any atom is -0.399 e. The first-order valence-electron chi connectivity index (χ1n) is 6.63. The first-order valence-corrected chi connectivity index (χ1v) is 7.04. The van der Waals surface area contributed by atoms with Crippen molar-refractivity contribution in [2.45, 2.75) is 13.5 Å². The van der Waals surface area contributed by atoms with Gasteiger partial charge in [-0.05, 0) is 42.4 Å². The number of hydrogen-bond acceptors (Lipinski definition) is 3. The van der Waals surface area contributed by atoms with Gasteiger partial charge in [-0.15, -0.1) is 0 Å². The topological polar surface area (TPSA) is 62.4 Å². The number of anilines is 1. The largest absolute Gasteiger partial charge is 0.399 e. The van der Waals surface area contributed by atoms with Crippen LogP contribution in [0.2, 0.25) is 0 Å². The lowest BCUT2D eigenvalue weighted by atomic mass is 10.1. The molecule has 0 amide bonds. The Labute approximate surface area is 130 Å². The summed E-state index contributed by atoms with van der Waals surface area (Å²) in [7, 11) is 0. The lowest BCUT2D eigenvalue weighted by Gasteiger charge is -2.08. The molecule has 2 rings (SSSR count). The van der Waals surface area contributed by atoms with Gasteiger partial charge in [-0.1, -0.05) is 42.5 Å². The van der Waals surface area contributed by atoms with Gasteiger partial charge in [-0.2, -0.15) is 5.10 Å². The maximum atomic E-state index is 5.66. The van der Waals surface area contributed by atoms with Crippen molar-refractivity contribution in [1.29, 1.82) is 0 Å². The van der Waals surface area contributed by atoms with Gasteiger partial charge in [0, 0.05) is 12.2 Å². The van der Waals surface area contributed by atoms with Crippen molar-refractivity contribution in [2.24, 2.45) is 5.10 Å². The van der Waals surface area contributed by atoms with E-state index in [9.17, 15) is 0 Å². The van der Waals surface area contributed by atoms with Gasteiger partial charge in [0.1, 0.15) is 0 Å². The zero-order valence-electron chi connectivity index (χ0n) is 11.8. The van der Waals surface area contributed by atoms with E-state index in [0.29, 0.717) is 11.7 Å². The average molecular weight is 298 g/mol. The van der Waals surface area contributed by atoms with Crippen molar-refractivity contribution >= 4 is 28.7 Å². The molecule has 0 saturated carbocycles. The number of nitrogens with one attached hydrogen (secondary N) is 2. The summed E-state index contributed by atoms with van der Waals surface area (Å²) < 4.78 is 0. The van der Waals surface area contributed by atoms with E-state index in [1.54, 1.807) is 0 Å². The first-order chi connectivity index (χ1) is 10.1. The molecule has 0 radical (unpaired) electrons. The Bertz CT molecular complexity index is 620. The molecule has 108 valence electrons. The second-order valence-electron chi connectivity index (χ2n) is 4.60. The monoisotopic (exact) mass is 298 g/mol. The van der Waals surface area contributed by atoms with Crippen LogP contribution in [0.25, 0.3) is 0 Å². The lowest BCUT2D eigenvalue weighted by molar-refractivity contribution is 0.866. The average Bonchev–Trinajstić information content (AvgIpc) is 2.52. The van der Waals surface area contributed by atoms with Crippen LogP contribution in [0.15, 0.2) is 59.7 Å². The predicted octanol–water partition coefficient (Wildman–Crippen LogP) is 2.66. The van der Waals surface area contributed by atoms with Crippen molar-refractivity contribution in [3.05, 3.63) is 65.7 Å². The van der Waals surface area contributed by atoms with Gasteiger partial charge >= 0.3 is 0 Å². The van der Waals surface area contributed by atoms with Gasteiger partial charge in [0.05, 0.1) is 5.71 Å². The van der Waals surface area contributed by atoms with Gasteiger partial charge in [0.2, 0.25) is 0 Å². The summed E-state index contributed by atoms with van der Waals surface area (Å²) in [4.78, 5) is 0. The van der Waals surface area contributed by atoms with Crippen molar-refractivity contribution in [2.75, 3.05) is 5.73 Å². The maximum Gasteiger partial charge on any atom is 0.187 e. The smallest absolute Gasteiger partial charge is 0.187 e. The Morgan fingerprint density at radius 1 is 1.10 bits per heavy atom. The number of nitrogens with zero attached hydrogens (tertiary/aromatic N) is 1. The molecule has 2 aromatic carbocycles. The number of nitrogens with two attached hydrogens (primary N) is 1. The zero-order valence-corrected chi connectivity index (χ0v) is 12.7. The minimum absolute atomic E-state index is 0.494. The predicted molar refractivity (Wildman–Crippen MR) is 92.1 cm³/mol. The van der Waals surface area contributed by atoms with Crippen LogP contribution in [-0.4, -0.2) is 10.8 Å². The van der Waals surface area contributed by atoms with Gasteiger partial charge in [0.15, 0.2) is 5.11 Å². The van der Waals surface area contributed by atoms with Crippen LogP contribution in [0.1, 0.15) is 18.1 Å². The maximum absolute atomic E-state index is 5.66. The molecule has 0 atom stereocenters. The second kappa shape index (κ2) is 7.40. The van der Waals surface area contributed by atoms with Gasteiger partial charge in [0.25, 0.3) is 0 Å². The molecule has 0 aliphatic heterocycles. The third kappa shape index (κ3) is 4.89. The molecular formula is C16H18N4S. The van der Waals surface area contributed by atoms with Crippen LogP contribution in [0.3, 0.4) is 0 Å². The molecule has 0 spiro atoms. The van der Waals surface area contributed by atoms with E-state index < -0.39 is 0 Å². The molecule has 0 aliphatic rings. The van der Waals surface area contributed by atoms with E-state index in [2.05, 4.69) is 15.8 Å². The van der Waals surface area contributed by atoms with E-state index in [1.807, 2.05) is 61.5 Å². The van der Waals surface area contributed by atoms with E-state index in [4.69, 9.17) is 18.0 Å². The van der Waals surface area contributed by atoms with Gasteiger partial charge in [-0.25, -0.2) is 0 Å². The SMILES string of the molecule is C/C(=N/NC(=S)NCc1ccccc1)c1ccc(N)cc1. The molecule has 0 saturated heterocycles.